The summed E-state index contributed by atoms with van der Waals surface area (Å²) in [6.07, 6.45) is 0.534. The van der Waals surface area contributed by atoms with Crippen molar-refractivity contribution in [3.05, 3.63) is 60.0 Å². The van der Waals surface area contributed by atoms with Crippen LogP contribution in [0.25, 0.3) is 11.4 Å². The van der Waals surface area contributed by atoms with Gasteiger partial charge in [-0.05, 0) is 30.3 Å². The number of hydrogen-bond acceptors (Lipinski definition) is 5. The number of nitrogens with two attached hydrogens (primary N) is 1. The number of ether oxygens (including phenoxy) is 1. The maximum absolute atomic E-state index is 5.67. The SMILES string of the molecule is COc1ccccc1Cc1nc(-c2ccc(N)cc2)no1. The zero-order valence-electron chi connectivity index (χ0n) is 11.6. The minimum Gasteiger partial charge on any atom is -0.496 e. The molecule has 0 aliphatic heterocycles. The van der Waals surface area contributed by atoms with Crippen LogP contribution in [0.15, 0.2) is 53.1 Å². The third kappa shape index (κ3) is 2.86. The van der Waals surface area contributed by atoms with Crippen LogP contribution in [0.4, 0.5) is 5.69 Å². The summed E-state index contributed by atoms with van der Waals surface area (Å²) in [5, 5.41) is 4.00. The molecule has 21 heavy (non-hydrogen) atoms. The highest BCUT2D eigenvalue weighted by Gasteiger charge is 2.11. The fourth-order valence-corrected chi connectivity index (χ4v) is 2.09. The van der Waals surface area contributed by atoms with Crippen molar-refractivity contribution in [2.45, 2.75) is 6.42 Å². The van der Waals surface area contributed by atoms with Gasteiger partial charge >= 0.3 is 0 Å². The van der Waals surface area contributed by atoms with E-state index >= 15 is 0 Å². The first-order chi connectivity index (χ1) is 10.3. The van der Waals surface area contributed by atoms with Crippen LogP contribution in [0.2, 0.25) is 0 Å². The van der Waals surface area contributed by atoms with Gasteiger partial charge in [-0.3, -0.25) is 0 Å². The Kier molecular flexibility index (Phi) is 3.55. The lowest BCUT2D eigenvalue weighted by Crippen LogP contribution is -1.93. The molecule has 3 rings (SSSR count). The minimum atomic E-state index is 0.534. The van der Waals surface area contributed by atoms with Gasteiger partial charge in [0, 0.05) is 16.8 Å². The maximum Gasteiger partial charge on any atom is 0.231 e. The van der Waals surface area contributed by atoms with E-state index in [0.717, 1.165) is 16.9 Å². The Bertz CT molecular complexity index is 735. The van der Waals surface area contributed by atoms with E-state index in [9.17, 15) is 0 Å². The lowest BCUT2D eigenvalue weighted by Gasteiger charge is -2.04. The van der Waals surface area contributed by atoms with Crippen molar-refractivity contribution in [3.63, 3.8) is 0 Å². The monoisotopic (exact) mass is 281 g/mol. The van der Waals surface area contributed by atoms with Crippen LogP contribution in [0, 0.1) is 0 Å². The van der Waals surface area contributed by atoms with Crippen molar-refractivity contribution < 1.29 is 9.26 Å². The summed E-state index contributed by atoms with van der Waals surface area (Å²) < 4.78 is 10.6. The van der Waals surface area contributed by atoms with E-state index in [0.29, 0.717) is 23.8 Å². The number of rotatable bonds is 4. The van der Waals surface area contributed by atoms with E-state index in [1.165, 1.54) is 0 Å². The van der Waals surface area contributed by atoms with Crippen LogP contribution >= 0.6 is 0 Å². The molecule has 106 valence electrons. The van der Waals surface area contributed by atoms with Crippen molar-refractivity contribution in [1.29, 1.82) is 0 Å². The third-order valence-corrected chi connectivity index (χ3v) is 3.17. The second-order valence-corrected chi connectivity index (χ2v) is 4.62. The molecule has 0 saturated carbocycles. The van der Waals surface area contributed by atoms with E-state index in [1.807, 2.05) is 48.5 Å². The number of para-hydroxylation sites is 1. The first-order valence-electron chi connectivity index (χ1n) is 6.56. The summed E-state index contributed by atoms with van der Waals surface area (Å²) in [4.78, 5) is 4.41. The smallest absolute Gasteiger partial charge is 0.231 e. The first-order valence-corrected chi connectivity index (χ1v) is 6.56. The molecule has 0 spiro atoms. The van der Waals surface area contributed by atoms with Crippen LogP contribution in [0.5, 0.6) is 5.75 Å². The zero-order chi connectivity index (χ0) is 14.7. The topological polar surface area (TPSA) is 74.2 Å². The Balaban J connectivity index is 1.83. The maximum atomic E-state index is 5.67. The fraction of sp³-hybridized carbons (Fsp3) is 0.125. The Hall–Kier alpha value is -2.82. The van der Waals surface area contributed by atoms with Gasteiger partial charge in [-0.15, -0.1) is 0 Å². The van der Waals surface area contributed by atoms with E-state index in [1.54, 1.807) is 7.11 Å². The molecule has 3 aromatic rings. The molecule has 0 aliphatic rings. The molecule has 0 amide bonds. The number of methoxy groups -OCH3 is 1. The minimum absolute atomic E-state index is 0.534. The predicted octanol–water partition coefficient (Wildman–Crippen LogP) is 2.92. The molecule has 0 atom stereocenters. The van der Waals surface area contributed by atoms with Gasteiger partial charge in [-0.1, -0.05) is 23.4 Å². The second-order valence-electron chi connectivity index (χ2n) is 4.62. The predicted molar refractivity (Wildman–Crippen MR) is 79.9 cm³/mol. The average molecular weight is 281 g/mol. The van der Waals surface area contributed by atoms with Crippen molar-refractivity contribution in [3.8, 4) is 17.1 Å². The molecule has 0 saturated heterocycles. The molecule has 2 N–H and O–H groups in total. The van der Waals surface area contributed by atoms with E-state index in [4.69, 9.17) is 15.0 Å². The number of nitrogen functional groups attached to an aromatic ring is 1. The van der Waals surface area contributed by atoms with Crippen molar-refractivity contribution in [1.82, 2.24) is 10.1 Å². The van der Waals surface area contributed by atoms with Gasteiger partial charge in [-0.2, -0.15) is 4.98 Å². The highest BCUT2D eigenvalue weighted by molar-refractivity contribution is 5.58. The Morgan fingerprint density at radius 1 is 1.10 bits per heavy atom. The average Bonchev–Trinajstić information content (AvgIpc) is 2.97. The molecular weight excluding hydrogens is 266 g/mol. The summed E-state index contributed by atoms with van der Waals surface area (Å²) in [5.41, 5.74) is 8.25. The Labute approximate surface area is 122 Å². The highest BCUT2D eigenvalue weighted by Crippen LogP contribution is 2.22. The van der Waals surface area contributed by atoms with Crippen LogP contribution in [-0.2, 0) is 6.42 Å². The van der Waals surface area contributed by atoms with Crippen LogP contribution in [0.3, 0.4) is 0 Å². The van der Waals surface area contributed by atoms with E-state index in [2.05, 4.69) is 10.1 Å². The van der Waals surface area contributed by atoms with Gasteiger partial charge in [0.05, 0.1) is 13.5 Å². The number of benzene rings is 2. The summed E-state index contributed by atoms with van der Waals surface area (Å²) in [7, 11) is 1.65. The van der Waals surface area contributed by atoms with E-state index < -0.39 is 0 Å². The summed E-state index contributed by atoms with van der Waals surface area (Å²) in [5.74, 6) is 1.91. The lowest BCUT2D eigenvalue weighted by atomic mass is 10.1. The number of hydrogen-bond donors (Lipinski definition) is 1. The molecule has 0 unspecified atom stereocenters. The Morgan fingerprint density at radius 3 is 2.62 bits per heavy atom. The zero-order valence-corrected chi connectivity index (χ0v) is 11.6. The third-order valence-electron chi connectivity index (χ3n) is 3.17. The summed E-state index contributed by atoms with van der Waals surface area (Å²) >= 11 is 0. The quantitative estimate of drug-likeness (QED) is 0.744. The fourth-order valence-electron chi connectivity index (χ4n) is 2.09. The number of aromatic nitrogens is 2. The summed E-state index contributed by atoms with van der Waals surface area (Å²) in [6.45, 7) is 0. The molecule has 1 aromatic heterocycles. The molecule has 5 nitrogen and oxygen atoms in total. The second kappa shape index (κ2) is 5.66. The van der Waals surface area contributed by atoms with Crippen LogP contribution < -0.4 is 10.5 Å². The van der Waals surface area contributed by atoms with Gasteiger partial charge < -0.3 is 15.0 Å². The molecule has 5 heteroatoms. The van der Waals surface area contributed by atoms with E-state index in [-0.39, 0.29) is 0 Å². The van der Waals surface area contributed by atoms with Crippen LogP contribution in [-0.4, -0.2) is 17.3 Å². The molecule has 0 bridgehead atoms. The standard InChI is InChI=1S/C16H15N3O2/c1-20-14-5-3-2-4-12(14)10-15-18-16(19-21-15)11-6-8-13(17)9-7-11/h2-9H,10,17H2,1H3. The first kappa shape index (κ1) is 13.2. The van der Waals surface area contributed by atoms with Gasteiger partial charge in [0.1, 0.15) is 5.75 Å². The summed E-state index contributed by atoms with van der Waals surface area (Å²) in [6, 6.07) is 15.1. The molecule has 0 radical (unpaired) electrons. The normalized spacial score (nSPS) is 10.5. The molecular formula is C16H15N3O2. The molecule has 0 fully saturated rings. The van der Waals surface area contributed by atoms with Gasteiger partial charge in [-0.25, -0.2) is 0 Å². The Morgan fingerprint density at radius 2 is 1.86 bits per heavy atom. The van der Waals surface area contributed by atoms with Crippen molar-refractivity contribution >= 4 is 5.69 Å². The van der Waals surface area contributed by atoms with Crippen molar-refractivity contribution in [2.24, 2.45) is 0 Å². The molecule has 2 aromatic carbocycles. The number of anilines is 1. The largest absolute Gasteiger partial charge is 0.496 e. The highest BCUT2D eigenvalue weighted by atomic mass is 16.5. The van der Waals surface area contributed by atoms with Gasteiger partial charge in [0.2, 0.25) is 11.7 Å². The molecule has 1 heterocycles. The van der Waals surface area contributed by atoms with Crippen molar-refractivity contribution in [2.75, 3.05) is 12.8 Å². The van der Waals surface area contributed by atoms with Gasteiger partial charge in [0.15, 0.2) is 0 Å². The number of nitrogens with zero attached hydrogens (tertiary/aromatic N) is 2. The molecule has 0 aliphatic carbocycles. The van der Waals surface area contributed by atoms with Gasteiger partial charge in [0.25, 0.3) is 0 Å². The van der Waals surface area contributed by atoms with Crippen LogP contribution in [0.1, 0.15) is 11.5 Å². The lowest BCUT2D eigenvalue weighted by molar-refractivity contribution is 0.379.